The molecule has 11 nitrogen and oxygen atoms in total. The van der Waals surface area contributed by atoms with E-state index in [9.17, 15) is 19.1 Å². The first-order chi connectivity index (χ1) is 13.8. The van der Waals surface area contributed by atoms with Crippen LogP contribution < -0.4 is 11.4 Å². The van der Waals surface area contributed by atoms with Crippen LogP contribution in [0.2, 0.25) is 0 Å². The molecule has 0 aromatic carbocycles. The van der Waals surface area contributed by atoms with Gasteiger partial charge in [0.1, 0.15) is 18.5 Å². The molecule has 1 aliphatic rings. The summed E-state index contributed by atoms with van der Waals surface area (Å²) in [6, 6.07) is 1.25. The second kappa shape index (κ2) is 10.2. The molecule has 1 aromatic heterocycles. The number of nitrogen functional groups attached to an aromatic ring is 1. The van der Waals surface area contributed by atoms with Crippen LogP contribution in [-0.4, -0.2) is 45.2 Å². The summed E-state index contributed by atoms with van der Waals surface area (Å²) in [6.45, 7) is 1.39. The van der Waals surface area contributed by atoms with Crippen LogP contribution in [0.3, 0.4) is 0 Å². The second-order valence-corrected chi connectivity index (χ2v) is 6.80. The van der Waals surface area contributed by atoms with Crippen LogP contribution in [0.1, 0.15) is 51.7 Å². The zero-order valence-corrected chi connectivity index (χ0v) is 16.1. The molecule has 0 bridgehead atoms. The highest BCUT2D eigenvalue weighted by Gasteiger charge is 2.57. The van der Waals surface area contributed by atoms with Crippen molar-refractivity contribution in [2.24, 2.45) is 5.11 Å². The number of esters is 1. The number of nitrogens with two attached hydrogens (primary N) is 1. The first-order valence-electron chi connectivity index (χ1n) is 9.41. The smallest absolute Gasteiger partial charge is 0.351 e. The molecule has 160 valence electrons. The van der Waals surface area contributed by atoms with Crippen molar-refractivity contribution < 1.29 is 23.8 Å². The van der Waals surface area contributed by atoms with E-state index in [1.165, 1.54) is 6.07 Å². The molecule has 1 saturated heterocycles. The van der Waals surface area contributed by atoms with Crippen LogP contribution in [0.4, 0.5) is 10.2 Å². The average molecular weight is 412 g/mol. The lowest BCUT2D eigenvalue weighted by Gasteiger charge is -2.25. The van der Waals surface area contributed by atoms with Crippen molar-refractivity contribution in [3.05, 3.63) is 33.2 Å². The third-order valence-corrected chi connectivity index (χ3v) is 4.63. The number of aliphatic hydroxyl groups is 1. The van der Waals surface area contributed by atoms with Crippen LogP contribution in [0.5, 0.6) is 0 Å². The van der Waals surface area contributed by atoms with Gasteiger partial charge >= 0.3 is 11.7 Å². The predicted molar refractivity (Wildman–Crippen MR) is 100 cm³/mol. The predicted octanol–water partition coefficient (Wildman–Crippen LogP) is 1.96. The summed E-state index contributed by atoms with van der Waals surface area (Å²) in [5, 5.41) is 13.6. The SMILES string of the molecule is CCCCCCCC(=O)OC[C@@]1(N=[N+]=[N-])O[C@@H](n2ccc(N)nc2=O)[C@H](F)[C@@H]1O. The first kappa shape index (κ1) is 22.6. The zero-order valence-electron chi connectivity index (χ0n) is 16.1. The van der Waals surface area contributed by atoms with Gasteiger partial charge in [-0.05, 0) is 18.0 Å². The molecule has 0 amide bonds. The highest BCUT2D eigenvalue weighted by atomic mass is 19.1. The van der Waals surface area contributed by atoms with Crippen molar-refractivity contribution in [3.8, 4) is 0 Å². The lowest BCUT2D eigenvalue weighted by atomic mass is 10.1. The topological polar surface area (TPSA) is 165 Å². The lowest BCUT2D eigenvalue weighted by molar-refractivity contribution is -0.165. The minimum Gasteiger partial charge on any atom is -0.462 e. The molecule has 0 radical (unpaired) electrons. The number of hydrogen-bond donors (Lipinski definition) is 2. The number of alkyl halides is 1. The maximum Gasteiger partial charge on any atom is 0.351 e. The van der Waals surface area contributed by atoms with E-state index >= 15 is 0 Å². The molecular formula is C17H25FN6O5. The number of nitrogens with zero attached hydrogens (tertiary/aromatic N) is 5. The molecule has 4 atom stereocenters. The van der Waals surface area contributed by atoms with E-state index in [-0.39, 0.29) is 12.2 Å². The van der Waals surface area contributed by atoms with E-state index in [0.29, 0.717) is 6.42 Å². The van der Waals surface area contributed by atoms with E-state index in [4.69, 9.17) is 20.7 Å². The van der Waals surface area contributed by atoms with Gasteiger partial charge < -0.3 is 20.3 Å². The minimum absolute atomic E-state index is 0.0746. The Morgan fingerprint density at radius 1 is 1.52 bits per heavy atom. The fraction of sp³-hybridized carbons (Fsp3) is 0.706. The van der Waals surface area contributed by atoms with Gasteiger partial charge in [0, 0.05) is 17.5 Å². The van der Waals surface area contributed by atoms with Crippen molar-refractivity contribution in [3.63, 3.8) is 0 Å². The highest BCUT2D eigenvalue weighted by Crippen LogP contribution is 2.40. The summed E-state index contributed by atoms with van der Waals surface area (Å²) in [7, 11) is 0. The largest absolute Gasteiger partial charge is 0.462 e. The first-order valence-corrected chi connectivity index (χ1v) is 9.41. The molecule has 29 heavy (non-hydrogen) atoms. The number of halogens is 1. The van der Waals surface area contributed by atoms with E-state index < -0.39 is 42.5 Å². The molecule has 1 aromatic rings. The number of unbranched alkanes of at least 4 members (excludes halogenated alkanes) is 4. The van der Waals surface area contributed by atoms with Gasteiger partial charge in [0.15, 0.2) is 12.4 Å². The molecule has 0 aliphatic carbocycles. The summed E-state index contributed by atoms with van der Waals surface area (Å²) < 4.78 is 25.9. The third kappa shape index (κ3) is 5.43. The normalized spacial score (nSPS) is 26.1. The fourth-order valence-electron chi connectivity index (χ4n) is 3.01. The molecule has 12 heteroatoms. The molecule has 2 rings (SSSR count). The van der Waals surface area contributed by atoms with Gasteiger partial charge in [-0.2, -0.15) is 4.98 Å². The number of hydrogen-bond acceptors (Lipinski definition) is 8. The van der Waals surface area contributed by atoms with Crippen LogP contribution >= 0.6 is 0 Å². The molecule has 1 fully saturated rings. The number of ether oxygens (including phenoxy) is 2. The standard InChI is InChI=1S/C17H25FN6O5/c1-2-3-4-5-6-7-12(25)28-10-17(22-23-20)14(26)13(18)15(29-17)24-9-8-11(19)21-16(24)27/h8-9,13-15,26H,2-7,10H2,1H3,(H2,19,21,27)/t13-,14+,15-,17-/m1/s1. The maximum absolute atomic E-state index is 14.7. The van der Waals surface area contributed by atoms with Crippen LogP contribution in [0.25, 0.3) is 10.4 Å². The Labute approximate surface area is 166 Å². The number of anilines is 1. The average Bonchev–Trinajstić information content (AvgIpc) is 2.92. The van der Waals surface area contributed by atoms with Crippen LogP contribution in [0.15, 0.2) is 22.2 Å². The Balaban J connectivity index is 2.07. The van der Waals surface area contributed by atoms with E-state index in [1.54, 1.807) is 0 Å². The van der Waals surface area contributed by atoms with Gasteiger partial charge in [0.05, 0.1) is 0 Å². The number of aliphatic hydroxyl groups excluding tert-OH is 1. The van der Waals surface area contributed by atoms with E-state index in [2.05, 4.69) is 21.9 Å². The molecule has 0 saturated carbocycles. The Kier molecular flexibility index (Phi) is 7.94. The van der Waals surface area contributed by atoms with Crippen molar-refractivity contribution in [2.45, 2.75) is 69.7 Å². The Morgan fingerprint density at radius 3 is 2.90 bits per heavy atom. The van der Waals surface area contributed by atoms with Gasteiger partial charge in [0.25, 0.3) is 0 Å². The summed E-state index contributed by atoms with van der Waals surface area (Å²) in [6.07, 6.45) is 0.178. The lowest BCUT2D eigenvalue weighted by Crippen LogP contribution is -2.44. The summed E-state index contributed by atoms with van der Waals surface area (Å²) in [5.41, 5.74) is 11.1. The van der Waals surface area contributed by atoms with Crippen molar-refractivity contribution in [2.75, 3.05) is 12.3 Å². The van der Waals surface area contributed by atoms with Gasteiger partial charge in [-0.3, -0.25) is 9.36 Å². The summed E-state index contributed by atoms with van der Waals surface area (Å²) >= 11 is 0. The number of carbonyl (C=O) groups is 1. The monoisotopic (exact) mass is 412 g/mol. The van der Waals surface area contributed by atoms with Gasteiger partial charge in [-0.15, -0.1) is 0 Å². The summed E-state index contributed by atoms with van der Waals surface area (Å²) in [4.78, 5) is 29.9. The molecule has 3 N–H and O–H groups in total. The number of azide groups is 1. The molecule has 1 aliphatic heterocycles. The molecular weight excluding hydrogens is 387 g/mol. The fourth-order valence-corrected chi connectivity index (χ4v) is 3.01. The van der Waals surface area contributed by atoms with E-state index in [0.717, 1.165) is 36.4 Å². The summed E-state index contributed by atoms with van der Waals surface area (Å²) in [5.74, 6) is -0.663. The quantitative estimate of drug-likeness (QED) is 0.195. The van der Waals surface area contributed by atoms with Crippen molar-refractivity contribution in [1.82, 2.24) is 9.55 Å². The number of carbonyl (C=O) groups excluding carboxylic acids is 1. The third-order valence-electron chi connectivity index (χ3n) is 4.63. The Hall–Kier alpha value is -2.69. The molecule has 0 spiro atoms. The number of aromatic nitrogens is 2. The minimum atomic E-state index is -2.21. The van der Waals surface area contributed by atoms with Gasteiger partial charge in [-0.25, -0.2) is 9.18 Å². The van der Waals surface area contributed by atoms with Gasteiger partial charge in [0.2, 0.25) is 5.72 Å². The van der Waals surface area contributed by atoms with Gasteiger partial charge in [-0.1, -0.05) is 37.7 Å². The Bertz CT molecular complexity index is 814. The van der Waals surface area contributed by atoms with Crippen molar-refractivity contribution >= 4 is 11.8 Å². The molecule has 2 heterocycles. The highest BCUT2D eigenvalue weighted by molar-refractivity contribution is 5.69. The van der Waals surface area contributed by atoms with Crippen LogP contribution in [-0.2, 0) is 14.3 Å². The zero-order chi connectivity index (χ0) is 21.4. The Morgan fingerprint density at radius 2 is 2.24 bits per heavy atom. The maximum atomic E-state index is 14.7. The number of rotatable bonds is 10. The van der Waals surface area contributed by atoms with Crippen molar-refractivity contribution in [1.29, 1.82) is 0 Å². The van der Waals surface area contributed by atoms with Crippen LogP contribution in [0, 0.1) is 0 Å². The second-order valence-electron chi connectivity index (χ2n) is 6.80. The molecule has 0 unspecified atom stereocenters. The van der Waals surface area contributed by atoms with E-state index in [1.807, 2.05) is 0 Å².